The Labute approximate surface area is 120 Å². The molecule has 94 valence electrons. The lowest BCUT2D eigenvalue weighted by atomic mass is 9.91. The van der Waals surface area contributed by atoms with E-state index in [4.69, 9.17) is 5.73 Å². The van der Waals surface area contributed by atoms with Crippen LogP contribution < -0.4 is 5.73 Å². The van der Waals surface area contributed by atoms with Crippen molar-refractivity contribution in [2.75, 3.05) is 5.73 Å². The van der Waals surface area contributed by atoms with Crippen molar-refractivity contribution < 1.29 is 4.39 Å². The summed E-state index contributed by atoms with van der Waals surface area (Å²) in [7, 11) is 0. The highest BCUT2D eigenvalue weighted by Gasteiger charge is 2.21. The number of thioether (sulfide) groups is 1. The quantitative estimate of drug-likeness (QED) is 0.608. The SMILES string of the molecule is CC1CCCC(Sc2cc(F)c(I)cc2N)C1. The molecule has 0 aromatic heterocycles. The highest BCUT2D eigenvalue weighted by atomic mass is 127. The van der Waals surface area contributed by atoms with E-state index >= 15 is 0 Å². The summed E-state index contributed by atoms with van der Waals surface area (Å²) in [5.41, 5.74) is 6.66. The fourth-order valence-electron chi connectivity index (χ4n) is 2.31. The van der Waals surface area contributed by atoms with Gasteiger partial charge >= 0.3 is 0 Å². The van der Waals surface area contributed by atoms with E-state index in [-0.39, 0.29) is 5.82 Å². The van der Waals surface area contributed by atoms with Gasteiger partial charge in [-0.1, -0.05) is 19.8 Å². The fourth-order valence-corrected chi connectivity index (χ4v) is 4.24. The maximum Gasteiger partial charge on any atom is 0.137 e. The lowest BCUT2D eigenvalue weighted by Crippen LogP contribution is -2.15. The minimum Gasteiger partial charge on any atom is -0.398 e. The lowest BCUT2D eigenvalue weighted by Gasteiger charge is -2.26. The van der Waals surface area contributed by atoms with Gasteiger partial charge in [0.15, 0.2) is 0 Å². The fraction of sp³-hybridized carbons (Fsp3) is 0.538. The van der Waals surface area contributed by atoms with Crippen LogP contribution in [0.4, 0.5) is 10.1 Å². The second-order valence-electron chi connectivity index (χ2n) is 4.82. The van der Waals surface area contributed by atoms with E-state index in [0.717, 1.165) is 10.8 Å². The van der Waals surface area contributed by atoms with Gasteiger partial charge in [0.2, 0.25) is 0 Å². The van der Waals surface area contributed by atoms with Gasteiger partial charge in [-0.3, -0.25) is 0 Å². The number of anilines is 1. The first-order chi connectivity index (χ1) is 8.06. The molecule has 2 N–H and O–H groups in total. The van der Waals surface area contributed by atoms with Gasteiger partial charge in [-0.15, -0.1) is 11.8 Å². The first-order valence-electron chi connectivity index (χ1n) is 5.97. The number of halogens is 2. The van der Waals surface area contributed by atoms with Gasteiger partial charge in [0.05, 0.1) is 3.57 Å². The average Bonchev–Trinajstić information content (AvgIpc) is 2.26. The van der Waals surface area contributed by atoms with Crippen molar-refractivity contribution in [3.8, 4) is 0 Å². The van der Waals surface area contributed by atoms with Gasteiger partial charge < -0.3 is 5.73 Å². The summed E-state index contributed by atoms with van der Waals surface area (Å²) in [6.07, 6.45) is 5.05. The zero-order chi connectivity index (χ0) is 12.4. The summed E-state index contributed by atoms with van der Waals surface area (Å²) in [6, 6.07) is 3.31. The molecule has 0 aliphatic heterocycles. The van der Waals surface area contributed by atoms with Crippen LogP contribution in [0.1, 0.15) is 32.6 Å². The van der Waals surface area contributed by atoms with E-state index in [9.17, 15) is 4.39 Å². The van der Waals surface area contributed by atoms with Crippen LogP contribution >= 0.6 is 34.4 Å². The van der Waals surface area contributed by atoms with Crippen molar-refractivity contribution in [1.29, 1.82) is 0 Å². The van der Waals surface area contributed by atoms with Gasteiger partial charge in [0, 0.05) is 15.8 Å². The van der Waals surface area contributed by atoms with Gasteiger partial charge in [0.25, 0.3) is 0 Å². The lowest BCUT2D eigenvalue weighted by molar-refractivity contribution is 0.394. The third kappa shape index (κ3) is 3.50. The predicted octanol–water partition coefficient (Wildman–Crippen LogP) is 4.68. The minimum absolute atomic E-state index is 0.161. The van der Waals surface area contributed by atoms with Crippen molar-refractivity contribution >= 4 is 40.0 Å². The molecule has 1 aromatic rings. The van der Waals surface area contributed by atoms with Crippen LogP contribution in [0.25, 0.3) is 0 Å². The van der Waals surface area contributed by atoms with E-state index in [0.29, 0.717) is 14.5 Å². The van der Waals surface area contributed by atoms with Crippen molar-refractivity contribution in [3.05, 3.63) is 21.5 Å². The summed E-state index contributed by atoms with van der Waals surface area (Å²) < 4.78 is 14.1. The van der Waals surface area contributed by atoms with Crippen molar-refractivity contribution in [3.63, 3.8) is 0 Å². The molecule has 1 aromatic carbocycles. The molecule has 0 bridgehead atoms. The van der Waals surface area contributed by atoms with Crippen LogP contribution in [0.3, 0.4) is 0 Å². The topological polar surface area (TPSA) is 26.0 Å². The molecular weight excluding hydrogens is 348 g/mol. The van der Waals surface area contributed by atoms with Gasteiger partial charge in [0.1, 0.15) is 5.82 Å². The summed E-state index contributed by atoms with van der Waals surface area (Å²) in [5, 5.41) is 0.598. The third-order valence-electron chi connectivity index (χ3n) is 3.23. The largest absolute Gasteiger partial charge is 0.398 e. The van der Waals surface area contributed by atoms with E-state index < -0.39 is 0 Å². The van der Waals surface area contributed by atoms with Crippen LogP contribution in [0.5, 0.6) is 0 Å². The van der Waals surface area contributed by atoms with Gasteiger partial charge in [-0.25, -0.2) is 4.39 Å². The van der Waals surface area contributed by atoms with Crippen LogP contribution in [0.2, 0.25) is 0 Å². The number of nitrogens with two attached hydrogens (primary N) is 1. The highest BCUT2D eigenvalue weighted by molar-refractivity contribution is 14.1. The number of rotatable bonds is 2. The van der Waals surface area contributed by atoms with E-state index in [1.165, 1.54) is 25.7 Å². The molecule has 2 rings (SSSR count). The number of nitrogen functional groups attached to an aromatic ring is 1. The zero-order valence-electron chi connectivity index (χ0n) is 9.88. The van der Waals surface area contributed by atoms with Gasteiger partial charge in [-0.05, 0) is 53.5 Å². The summed E-state index contributed by atoms with van der Waals surface area (Å²) >= 11 is 3.73. The maximum atomic E-state index is 13.5. The normalized spacial score (nSPS) is 24.9. The Morgan fingerprint density at radius 3 is 2.88 bits per heavy atom. The van der Waals surface area contributed by atoms with E-state index in [1.807, 2.05) is 22.6 Å². The molecule has 2 atom stereocenters. The Kier molecular flexibility index (Phi) is 4.58. The molecule has 1 saturated carbocycles. The molecule has 0 spiro atoms. The van der Waals surface area contributed by atoms with Crippen molar-refractivity contribution in [2.24, 2.45) is 5.92 Å². The molecule has 17 heavy (non-hydrogen) atoms. The summed E-state index contributed by atoms with van der Waals surface area (Å²) in [6.45, 7) is 2.30. The Balaban J connectivity index is 2.10. The maximum absolute atomic E-state index is 13.5. The average molecular weight is 365 g/mol. The number of hydrogen-bond acceptors (Lipinski definition) is 2. The Bertz CT molecular complexity index is 411. The van der Waals surface area contributed by atoms with Crippen LogP contribution in [0, 0.1) is 15.3 Å². The Morgan fingerprint density at radius 1 is 1.41 bits per heavy atom. The van der Waals surface area contributed by atoms with E-state index in [2.05, 4.69) is 6.92 Å². The standard InChI is InChI=1S/C13H17FINS/c1-8-3-2-4-9(5-8)17-13-6-10(14)11(15)7-12(13)16/h6-9H,2-5,16H2,1H3. The first-order valence-corrected chi connectivity index (χ1v) is 7.93. The number of benzene rings is 1. The monoisotopic (exact) mass is 365 g/mol. The smallest absolute Gasteiger partial charge is 0.137 e. The molecule has 1 aliphatic carbocycles. The second kappa shape index (κ2) is 5.78. The molecule has 0 radical (unpaired) electrons. The van der Waals surface area contributed by atoms with Gasteiger partial charge in [-0.2, -0.15) is 0 Å². The second-order valence-corrected chi connectivity index (χ2v) is 7.32. The molecule has 1 fully saturated rings. The van der Waals surface area contributed by atoms with E-state index in [1.54, 1.807) is 23.9 Å². The van der Waals surface area contributed by atoms with Crippen LogP contribution in [-0.4, -0.2) is 5.25 Å². The zero-order valence-corrected chi connectivity index (χ0v) is 12.9. The molecule has 0 saturated heterocycles. The van der Waals surface area contributed by atoms with Crippen molar-refractivity contribution in [1.82, 2.24) is 0 Å². The Morgan fingerprint density at radius 2 is 2.18 bits per heavy atom. The van der Waals surface area contributed by atoms with Crippen LogP contribution in [-0.2, 0) is 0 Å². The molecule has 2 unspecified atom stereocenters. The molecule has 1 aliphatic rings. The first kappa shape index (κ1) is 13.5. The minimum atomic E-state index is -0.161. The molecular formula is C13H17FINS. The molecule has 1 nitrogen and oxygen atoms in total. The number of hydrogen-bond donors (Lipinski definition) is 1. The molecule has 0 heterocycles. The summed E-state index contributed by atoms with van der Waals surface area (Å²) in [4.78, 5) is 0.905. The highest BCUT2D eigenvalue weighted by Crippen LogP contribution is 2.39. The molecule has 0 amide bonds. The Hall–Kier alpha value is 0.0300. The predicted molar refractivity (Wildman–Crippen MR) is 80.8 cm³/mol. The molecule has 4 heteroatoms. The summed E-state index contributed by atoms with van der Waals surface area (Å²) in [5.74, 6) is 0.627. The van der Waals surface area contributed by atoms with Crippen molar-refractivity contribution in [2.45, 2.75) is 42.8 Å². The van der Waals surface area contributed by atoms with Crippen LogP contribution in [0.15, 0.2) is 17.0 Å². The third-order valence-corrected chi connectivity index (χ3v) is 5.43.